The Hall–Kier alpha value is -3.96. The van der Waals surface area contributed by atoms with Gasteiger partial charge in [0.25, 0.3) is 5.56 Å². The number of nitrogens with two attached hydrogens (primary N) is 1. The zero-order valence-corrected chi connectivity index (χ0v) is 17.5. The van der Waals surface area contributed by atoms with Gasteiger partial charge >= 0.3 is 0 Å². The molecule has 0 aliphatic rings. The van der Waals surface area contributed by atoms with Gasteiger partial charge in [-0.15, -0.1) is 0 Å². The molecule has 8 nitrogen and oxygen atoms in total. The molecule has 0 radical (unpaired) electrons. The topological polar surface area (TPSA) is 103 Å². The van der Waals surface area contributed by atoms with Crippen molar-refractivity contribution in [3.05, 3.63) is 70.1 Å². The monoisotopic (exact) mass is 414 g/mol. The molecule has 2 heterocycles. The molecule has 31 heavy (non-hydrogen) atoms. The molecule has 2 aromatic heterocycles. The van der Waals surface area contributed by atoms with Crippen molar-refractivity contribution in [2.75, 3.05) is 0 Å². The molecule has 0 saturated heterocycles. The van der Waals surface area contributed by atoms with Crippen LogP contribution in [0.3, 0.4) is 0 Å². The number of aromatic nitrogens is 4. The number of benzene rings is 2. The maximum atomic E-state index is 12.2. The number of para-hydroxylation sites is 1. The molecule has 0 bridgehead atoms. The van der Waals surface area contributed by atoms with Crippen LogP contribution in [0.5, 0.6) is 5.75 Å². The number of aromatic amines is 1. The highest BCUT2D eigenvalue weighted by molar-refractivity contribution is 5.94. The molecule has 0 atom stereocenters. The minimum Gasteiger partial charge on any atom is -0.502 e. The number of ether oxygens (including phenoxy) is 1. The van der Waals surface area contributed by atoms with Gasteiger partial charge in [-0.1, -0.05) is 18.2 Å². The molecule has 3 N–H and O–H groups in total. The van der Waals surface area contributed by atoms with Crippen molar-refractivity contribution in [2.45, 2.75) is 26.5 Å². The van der Waals surface area contributed by atoms with E-state index in [9.17, 15) is 4.79 Å². The van der Waals surface area contributed by atoms with Crippen LogP contribution in [-0.2, 0) is 13.6 Å². The predicted octanol–water partition coefficient (Wildman–Crippen LogP) is 3.79. The molecule has 2 aromatic carbocycles. The van der Waals surface area contributed by atoms with Crippen LogP contribution in [0.2, 0.25) is 0 Å². The van der Waals surface area contributed by atoms with Gasteiger partial charge in [0.15, 0.2) is 0 Å². The van der Waals surface area contributed by atoms with Gasteiger partial charge < -0.3 is 10.5 Å². The van der Waals surface area contributed by atoms with Gasteiger partial charge in [0, 0.05) is 30.1 Å². The summed E-state index contributed by atoms with van der Waals surface area (Å²) in [6.45, 7) is 11.8. The lowest BCUT2D eigenvalue weighted by Gasteiger charge is -2.15. The van der Waals surface area contributed by atoms with E-state index in [1.807, 2.05) is 45.2 Å². The molecule has 156 valence electrons. The summed E-state index contributed by atoms with van der Waals surface area (Å²) in [6, 6.07) is 11.1. The van der Waals surface area contributed by atoms with Crippen molar-refractivity contribution in [1.29, 1.82) is 0 Å². The number of fused-ring (bicyclic) bond motifs is 1. The van der Waals surface area contributed by atoms with E-state index in [4.69, 9.17) is 17.0 Å². The first-order valence-corrected chi connectivity index (χ1v) is 9.85. The van der Waals surface area contributed by atoms with E-state index in [0.29, 0.717) is 27.9 Å². The summed E-state index contributed by atoms with van der Waals surface area (Å²) < 4.78 is 7.60. The second-order valence-electron chi connectivity index (χ2n) is 7.43. The van der Waals surface area contributed by atoms with Crippen LogP contribution in [0.4, 0.5) is 5.69 Å². The van der Waals surface area contributed by atoms with Gasteiger partial charge in [0.2, 0.25) is 5.69 Å². The number of H-pyrrole nitrogens is 1. The van der Waals surface area contributed by atoms with Gasteiger partial charge in [-0.3, -0.25) is 9.48 Å². The van der Waals surface area contributed by atoms with Crippen molar-refractivity contribution in [3.63, 3.8) is 0 Å². The Bertz CT molecular complexity index is 1380. The van der Waals surface area contributed by atoms with Crippen LogP contribution in [0.1, 0.15) is 19.5 Å². The fourth-order valence-electron chi connectivity index (χ4n) is 3.69. The molecule has 8 heteroatoms. The largest absolute Gasteiger partial charge is 0.502 e. The first-order chi connectivity index (χ1) is 14.9. The summed E-state index contributed by atoms with van der Waals surface area (Å²) in [6.07, 6.45) is 1.70. The normalized spacial score (nSPS) is 11.1. The molecule has 0 amide bonds. The summed E-state index contributed by atoms with van der Waals surface area (Å²) in [7, 11) is 1.83. The van der Waals surface area contributed by atoms with E-state index < -0.39 is 0 Å². The summed E-state index contributed by atoms with van der Waals surface area (Å²) in [5.74, 6) is 0.536. The SMILES string of the molecule is [C-]#[N+]c1c(OC(C)C)cccc1-c1c(-c2ccc3c(=O)[nH]nc(CN)c3c2)cnn1C. The Morgan fingerprint density at radius 3 is 2.74 bits per heavy atom. The Labute approximate surface area is 179 Å². The minimum atomic E-state index is -0.265. The summed E-state index contributed by atoms with van der Waals surface area (Å²) in [4.78, 5) is 15.9. The smallest absolute Gasteiger partial charge is 0.272 e. The maximum Gasteiger partial charge on any atom is 0.272 e. The lowest BCUT2D eigenvalue weighted by Crippen LogP contribution is -2.13. The number of hydrogen-bond acceptors (Lipinski definition) is 5. The molecule has 0 spiro atoms. The number of aryl methyl sites for hydroxylation is 1. The quantitative estimate of drug-likeness (QED) is 0.484. The van der Waals surface area contributed by atoms with Gasteiger partial charge in [0.05, 0.1) is 35.6 Å². The molecule has 4 rings (SSSR count). The molecular weight excluding hydrogens is 392 g/mol. The van der Waals surface area contributed by atoms with Crippen LogP contribution >= 0.6 is 0 Å². The Morgan fingerprint density at radius 1 is 1.23 bits per heavy atom. The van der Waals surface area contributed by atoms with E-state index in [-0.39, 0.29) is 18.2 Å². The van der Waals surface area contributed by atoms with Crippen LogP contribution in [0, 0.1) is 6.57 Å². The predicted molar refractivity (Wildman–Crippen MR) is 120 cm³/mol. The molecular formula is C23H22N6O2. The molecule has 0 unspecified atom stereocenters. The van der Waals surface area contributed by atoms with Crippen molar-refractivity contribution < 1.29 is 4.74 Å². The number of hydrogen-bond donors (Lipinski definition) is 2. The van der Waals surface area contributed by atoms with E-state index in [2.05, 4.69) is 20.1 Å². The fourth-order valence-corrected chi connectivity index (χ4v) is 3.69. The average Bonchev–Trinajstić information content (AvgIpc) is 3.14. The van der Waals surface area contributed by atoms with E-state index >= 15 is 0 Å². The van der Waals surface area contributed by atoms with E-state index in [1.54, 1.807) is 23.0 Å². The lowest BCUT2D eigenvalue weighted by molar-refractivity contribution is 0.244. The van der Waals surface area contributed by atoms with Crippen LogP contribution in [0.15, 0.2) is 47.4 Å². The molecule has 0 aliphatic carbocycles. The minimum absolute atomic E-state index is 0.0532. The standard InChI is InChI=1S/C23H22N6O2/c1-13(2)31-20-7-5-6-16(21(20)25-3)22-18(12-26-29(22)4)14-8-9-15-17(10-14)19(11-24)27-28-23(15)30/h5-10,12-13H,11,24H2,1-2,4H3,(H,28,30). The number of nitrogens with one attached hydrogen (secondary N) is 1. The van der Waals surface area contributed by atoms with Crippen LogP contribution in [0.25, 0.3) is 38.0 Å². The molecule has 0 fully saturated rings. The van der Waals surface area contributed by atoms with Crippen molar-refractivity contribution in [2.24, 2.45) is 12.8 Å². The van der Waals surface area contributed by atoms with E-state index in [0.717, 1.165) is 22.4 Å². The number of rotatable bonds is 5. The van der Waals surface area contributed by atoms with Gasteiger partial charge in [0.1, 0.15) is 5.75 Å². The molecule has 0 saturated carbocycles. The summed E-state index contributed by atoms with van der Waals surface area (Å²) in [5.41, 5.74) is 9.80. The highest BCUT2D eigenvalue weighted by Gasteiger charge is 2.20. The fraction of sp³-hybridized carbons (Fsp3) is 0.217. The molecule has 4 aromatic rings. The third kappa shape index (κ3) is 3.56. The van der Waals surface area contributed by atoms with E-state index in [1.165, 1.54) is 0 Å². The lowest BCUT2D eigenvalue weighted by atomic mass is 9.97. The Balaban J connectivity index is 1.95. The highest BCUT2D eigenvalue weighted by Crippen LogP contribution is 2.42. The first kappa shape index (κ1) is 20.3. The van der Waals surface area contributed by atoms with Gasteiger partial charge in [-0.05, 0) is 37.6 Å². The number of nitrogens with zero attached hydrogens (tertiary/aromatic N) is 4. The third-order valence-corrected chi connectivity index (χ3v) is 5.04. The maximum absolute atomic E-state index is 12.2. The Kier molecular flexibility index (Phi) is 5.28. The highest BCUT2D eigenvalue weighted by atomic mass is 16.5. The van der Waals surface area contributed by atoms with Crippen LogP contribution < -0.4 is 16.0 Å². The average molecular weight is 414 g/mol. The third-order valence-electron chi connectivity index (χ3n) is 5.04. The van der Waals surface area contributed by atoms with Gasteiger partial charge in [-0.2, -0.15) is 10.2 Å². The van der Waals surface area contributed by atoms with Crippen molar-refractivity contribution >= 4 is 16.5 Å². The Morgan fingerprint density at radius 2 is 2.03 bits per heavy atom. The second kappa shape index (κ2) is 8.05. The van der Waals surface area contributed by atoms with Gasteiger partial charge in [-0.25, -0.2) is 9.94 Å². The summed E-state index contributed by atoms with van der Waals surface area (Å²) >= 11 is 0. The summed E-state index contributed by atoms with van der Waals surface area (Å²) in [5, 5.41) is 12.2. The van der Waals surface area contributed by atoms with Crippen molar-refractivity contribution in [1.82, 2.24) is 20.0 Å². The second-order valence-corrected chi connectivity index (χ2v) is 7.43. The molecule has 0 aliphatic heterocycles. The van der Waals surface area contributed by atoms with Crippen molar-refractivity contribution in [3.8, 4) is 28.1 Å². The first-order valence-electron chi connectivity index (χ1n) is 9.85. The zero-order chi connectivity index (χ0) is 22.1. The van der Waals surface area contributed by atoms with Crippen LogP contribution in [-0.4, -0.2) is 26.1 Å². The zero-order valence-electron chi connectivity index (χ0n) is 17.5.